The Morgan fingerprint density at radius 3 is 2.26 bits per heavy atom. The zero-order chi connectivity index (χ0) is 19.8. The highest BCUT2D eigenvalue weighted by Crippen LogP contribution is 2.43. The second-order valence-electron chi connectivity index (χ2n) is 9.84. The number of urea groups is 1. The lowest BCUT2D eigenvalue weighted by Crippen LogP contribution is -2.51. The summed E-state index contributed by atoms with van der Waals surface area (Å²) >= 11 is 0. The molecule has 27 heavy (non-hydrogen) atoms. The van der Waals surface area contributed by atoms with Gasteiger partial charge in [-0.1, -0.05) is 40.0 Å². The standard InChI is InChI=1S/C21H35N3O3/c1-20(2,3)15-10-12-21(13-11-15)18(26)24(19(27)22-21)14-17(25)23(4)16-8-6-5-7-9-16/h15-16H,5-14H2,1-4H3,(H,22,27). The van der Waals surface area contributed by atoms with Crippen LogP contribution in [0, 0.1) is 11.3 Å². The summed E-state index contributed by atoms with van der Waals surface area (Å²) in [6.07, 6.45) is 8.74. The first-order valence-corrected chi connectivity index (χ1v) is 10.5. The molecule has 0 unspecified atom stereocenters. The fourth-order valence-corrected chi connectivity index (χ4v) is 5.05. The van der Waals surface area contributed by atoms with Gasteiger partial charge in [-0.05, 0) is 49.9 Å². The average molecular weight is 378 g/mol. The quantitative estimate of drug-likeness (QED) is 0.767. The highest BCUT2D eigenvalue weighted by molar-refractivity contribution is 6.09. The zero-order valence-corrected chi connectivity index (χ0v) is 17.3. The van der Waals surface area contributed by atoms with Crippen molar-refractivity contribution in [2.24, 2.45) is 11.3 Å². The molecule has 1 aliphatic heterocycles. The Morgan fingerprint density at radius 2 is 1.70 bits per heavy atom. The summed E-state index contributed by atoms with van der Waals surface area (Å²) in [5, 5.41) is 2.93. The van der Waals surface area contributed by atoms with Gasteiger partial charge >= 0.3 is 6.03 Å². The van der Waals surface area contributed by atoms with Crippen LogP contribution >= 0.6 is 0 Å². The summed E-state index contributed by atoms with van der Waals surface area (Å²) in [6.45, 7) is 6.56. The number of likely N-dealkylation sites (N-methyl/N-ethyl adjacent to an activating group) is 1. The summed E-state index contributed by atoms with van der Waals surface area (Å²) < 4.78 is 0. The number of carbonyl (C=O) groups is 3. The van der Waals surface area contributed by atoms with Gasteiger partial charge in [0.1, 0.15) is 12.1 Å². The van der Waals surface area contributed by atoms with Crippen molar-refractivity contribution in [3.8, 4) is 0 Å². The predicted molar refractivity (Wildman–Crippen MR) is 104 cm³/mol. The Morgan fingerprint density at radius 1 is 1.11 bits per heavy atom. The highest BCUT2D eigenvalue weighted by atomic mass is 16.2. The highest BCUT2D eigenvalue weighted by Gasteiger charge is 2.53. The van der Waals surface area contributed by atoms with Crippen molar-refractivity contribution in [1.29, 1.82) is 0 Å². The van der Waals surface area contributed by atoms with E-state index in [2.05, 4.69) is 26.1 Å². The summed E-state index contributed by atoms with van der Waals surface area (Å²) in [5.41, 5.74) is -0.575. The van der Waals surface area contributed by atoms with Crippen molar-refractivity contribution in [3.05, 3.63) is 0 Å². The molecule has 1 N–H and O–H groups in total. The number of hydrogen-bond acceptors (Lipinski definition) is 3. The van der Waals surface area contributed by atoms with Crippen LogP contribution in [-0.4, -0.2) is 52.8 Å². The summed E-state index contributed by atoms with van der Waals surface area (Å²) in [5.74, 6) is 0.219. The molecule has 2 saturated carbocycles. The summed E-state index contributed by atoms with van der Waals surface area (Å²) in [7, 11) is 1.81. The first-order valence-electron chi connectivity index (χ1n) is 10.5. The van der Waals surface area contributed by atoms with Gasteiger partial charge in [-0.3, -0.25) is 14.5 Å². The molecule has 0 aromatic heterocycles. The molecule has 3 fully saturated rings. The van der Waals surface area contributed by atoms with Crippen molar-refractivity contribution >= 4 is 17.8 Å². The van der Waals surface area contributed by atoms with E-state index >= 15 is 0 Å². The van der Waals surface area contributed by atoms with E-state index < -0.39 is 11.6 Å². The number of amides is 4. The van der Waals surface area contributed by atoms with Crippen molar-refractivity contribution < 1.29 is 14.4 Å². The van der Waals surface area contributed by atoms with Crippen LogP contribution in [0.3, 0.4) is 0 Å². The number of hydrogen-bond donors (Lipinski definition) is 1. The Labute approximate surface area is 163 Å². The van der Waals surface area contributed by atoms with E-state index in [4.69, 9.17) is 0 Å². The molecular weight excluding hydrogens is 342 g/mol. The first kappa shape index (κ1) is 20.2. The van der Waals surface area contributed by atoms with E-state index in [9.17, 15) is 14.4 Å². The van der Waals surface area contributed by atoms with E-state index in [0.29, 0.717) is 18.8 Å². The Hall–Kier alpha value is -1.59. The third-order valence-corrected chi connectivity index (χ3v) is 7.12. The third kappa shape index (κ3) is 3.99. The van der Waals surface area contributed by atoms with Crippen LogP contribution in [0.4, 0.5) is 4.79 Å². The largest absolute Gasteiger partial charge is 0.341 e. The summed E-state index contributed by atoms with van der Waals surface area (Å²) in [6, 6.07) is -0.164. The van der Waals surface area contributed by atoms with Crippen LogP contribution in [0.2, 0.25) is 0 Å². The van der Waals surface area contributed by atoms with Crippen molar-refractivity contribution in [3.63, 3.8) is 0 Å². The first-order chi connectivity index (χ1) is 12.6. The lowest BCUT2D eigenvalue weighted by Gasteiger charge is -2.40. The van der Waals surface area contributed by atoms with Crippen LogP contribution in [-0.2, 0) is 9.59 Å². The molecule has 0 radical (unpaired) electrons. The Kier molecular flexibility index (Phi) is 5.55. The molecule has 0 atom stereocenters. The molecule has 0 aromatic rings. The normalized spacial score (nSPS) is 29.9. The molecule has 1 saturated heterocycles. The Bertz CT molecular complexity index is 596. The predicted octanol–water partition coefficient (Wildman–Crippen LogP) is 3.30. The van der Waals surface area contributed by atoms with Gasteiger partial charge in [-0.25, -0.2) is 4.79 Å². The van der Waals surface area contributed by atoms with Gasteiger partial charge in [0.15, 0.2) is 0 Å². The number of imide groups is 1. The fourth-order valence-electron chi connectivity index (χ4n) is 5.05. The Balaban J connectivity index is 1.62. The van der Waals surface area contributed by atoms with Gasteiger partial charge in [-0.2, -0.15) is 0 Å². The molecule has 4 amide bonds. The molecule has 0 aromatic carbocycles. The van der Waals surface area contributed by atoms with Crippen LogP contribution < -0.4 is 5.32 Å². The molecule has 6 nitrogen and oxygen atoms in total. The molecule has 1 heterocycles. The smallest absolute Gasteiger partial charge is 0.325 e. The number of nitrogens with one attached hydrogen (secondary N) is 1. The average Bonchev–Trinajstić information content (AvgIpc) is 2.85. The van der Waals surface area contributed by atoms with Crippen molar-refractivity contribution in [1.82, 2.24) is 15.1 Å². The number of rotatable bonds is 3. The molecule has 3 rings (SSSR count). The van der Waals surface area contributed by atoms with Gasteiger partial charge in [0.05, 0.1) is 0 Å². The van der Waals surface area contributed by atoms with Crippen LogP contribution in [0.15, 0.2) is 0 Å². The van der Waals surface area contributed by atoms with Crippen molar-refractivity contribution in [2.45, 2.75) is 90.1 Å². The van der Waals surface area contributed by atoms with Crippen LogP contribution in [0.25, 0.3) is 0 Å². The topological polar surface area (TPSA) is 69.7 Å². The van der Waals surface area contributed by atoms with E-state index in [-0.39, 0.29) is 29.8 Å². The van der Waals surface area contributed by atoms with Crippen LogP contribution in [0.1, 0.15) is 78.6 Å². The van der Waals surface area contributed by atoms with E-state index in [1.807, 2.05) is 0 Å². The monoisotopic (exact) mass is 377 g/mol. The zero-order valence-electron chi connectivity index (χ0n) is 17.3. The van der Waals surface area contributed by atoms with Gasteiger partial charge < -0.3 is 10.2 Å². The molecule has 152 valence electrons. The van der Waals surface area contributed by atoms with Gasteiger partial charge in [0.2, 0.25) is 5.91 Å². The van der Waals surface area contributed by atoms with Crippen LogP contribution in [0.5, 0.6) is 0 Å². The molecule has 1 spiro atoms. The maximum absolute atomic E-state index is 13.1. The maximum Gasteiger partial charge on any atom is 0.325 e. The second-order valence-corrected chi connectivity index (χ2v) is 9.84. The molecule has 6 heteroatoms. The molecule has 3 aliphatic rings. The molecular formula is C21H35N3O3. The van der Waals surface area contributed by atoms with E-state index in [0.717, 1.165) is 43.4 Å². The number of nitrogens with zero attached hydrogens (tertiary/aromatic N) is 2. The lowest BCUT2D eigenvalue weighted by atomic mass is 9.67. The van der Waals surface area contributed by atoms with E-state index in [1.54, 1.807) is 11.9 Å². The SMILES string of the molecule is CN(C(=O)CN1C(=O)NC2(CCC(C(C)(C)C)CC2)C1=O)C1CCCCC1. The minimum Gasteiger partial charge on any atom is -0.341 e. The fraction of sp³-hybridized carbons (Fsp3) is 0.857. The minimum atomic E-state index is -0.789. The maximum atomic E-state index is 13.1. The van der Waals surface area contributed by atoms with E-state index in [1.165, 1.54) is 6.42 Å². The van der Waals surface area contributed by atoms with Gasteiger partial charge in [0, 0.05) is 13.1 Å². The number of carbonyl (C=O) groups excluding carboxylic acids is 3. The lowest BCUT2D eigenvalue weighted by molar-refractivity contribution is -0.140. The van der Waals surface area contributed by atoms with Gasteiger partial charge in [0.25, 0.3) is 5.91 Å². The third-order valence-electron chi connectivity index (χ3n) is 7.12. The minimum absolute atomic E-state index is 0.133. The second kappa shape index (κ2) is 7.44. The van der Waals surface area contributed by atoms with Gasteiger partial charge in [-0.15, -0.1) is 0 Å². The molecule has 2 aliphatic carbocycles. The van der Waals surface area contributed by atoms with Crippen molar-refractivity contribution in [2.75, 3.05) is 13.6 Å². The molecule has 0 bridgehead atoms. The summed E-state index contributed by atoms with van der Waals surface area (Å²) in [4.78, 5) is 41.1.